The number of aromatic amines is 1. The number of fused-ring (bicyclic) bond motifs is 5. The first-order chi connectivity index (χ1) is 23.7. The van der Waals surface area contributed by atoms with Crippen LogP contribution in [0.3, 0.4) is 0 Å². The van der Waals surface area contributed by atoms with Crippen molar-refractivity contribution in [2.45, 2.75) is 117 Å². The summed E-state index contributed by atoms with van der Waals surface area (Å²) in [5.74, 6) is 2.04. The molecule has 0 amide bonds. The monoisotopic (exact) mass is 663 g/mol. The lowest BCUT2D eigenvalue weighted by atomic mass is 9.47. The molecule has 256 valence electrons. The summed E-state index contributed by atoms with van der Waals surface area (Å²) in [4.78, 5) is 8.99. The molecule has 2 aromatic carbocycles. The first-order valence-electron chi connectivity index (χ1n) is 18.9. The van der Waals surface area contributed by atoms with E-state index in [0.29, 0.717) is 30.3 Å². The van der Waals surface area contributed by atoms with E-state index < -0.39 is 34.2 Å². The second-order valence-electron chi connectivity index (χ2n) is 17.2. The molecule has 1 saturated carbocycles. The Balaban J connectivity index is 1.08. The first-order valence-corrected chi connectivity index (χ1v) is 18.9. The van der Waals surface area contributed by atoms with E-state index in [4.69, 9.17) is 9.47 Å². The molecule has 5 aliphatic carbocycles. The second kappa shape index (κ2) is 8.79. The fraction of sp³-hybridized carbons (Fsp3) is 0.600. The van der Waals surface area contributed by atoms with Gasteiger partial charge in [-0.05, 0) is 105 Å². The highest BCUT2D eigenvalue weighted by atomic mass is 16.5. The number of likely N-dealkylation sites (tertiary alicyclic amines) is 2. The molecule has 4 bridgehead atoms. The lowest BCUT2D eigenvalue weighted by molar-refractivity contribution is -0.175. The van der Waals surface area contributed by atoms with E-state index in [2.05, 4.69) is 27.8 Å². The Morgan fingerprint density at radius 1 is 0.776 bits per heavy atom. The van der Waals surface area contributed by atoms with Gasteiger partial charge in [-0.1, -0.05) is 25.5 Å². The van der Waals surface area contributed by atoms with E-state index in [1.807, 2.05) is 6.07 Å². The maximum Gasteiger partial charge on any atom is 0.166 e. The maximum absolute atomic E-state index is 13.5. The Kier molecular flexibility index (Phi) is 5.10. The number of nitrogens with zero attached hydrogens (tertiary/aromatic N) is 2. The Bertz CT molecular complexity index is 2010. The standard InChI is InChI=1S/C40H45N3O6/c1-2-3-12-42-13-10-37-29-21-6-8-25(44)33(29)48-35(37)31-23(17-39(37,46)27(42)15-21)24-18-40(47)28-16-22-7-9-26(45)34-30(22)38(40,36(49-34)32(24)41-31)11-14-43(28)19-20-4-5-20/h6-9,20,27-28,35-36,41,44-47H,2-5,10-19H2,1H3/t27-,28+,35+,36+,37+,38+,39-,40-/m1/s1. The minimum Gasteiger partial charge on any atom is -0.504 e. The maximum atomic E-state index is 13.5. The molecule has 8 atom stereocenters. The van der Waals surface area contributed by atoms with Crippen LogP contribution in [-0.2, 0) is 36.5 Å². The van der Waals surface area contributed by atoms with Crippen LogP contribution in [-0.4, -0.2) is 84.7 Å². The highest BCUT2D eigenvalue weighted by Crippen LogP contribution is 2.72. The summed E-state index contributed by atoms with van der Waals surface area (Å²) >= 11 is 0. The molecule has 3 aromatic rings. The van der Waals surface area contributed by atoms with E-state index in [9.17, 15) is 20.4 Å². The van der Waals surface area contributed by atoms with Crippen molar-refractivity contribution in [3.05, 3.63) is 69.0 Å². The Morgan fingerprint density at radius 3 is 1.84 bits per heavy atom. The number of rotatable bonds is 5. The van der Waals surface area contributed by atoms with E-state index in [0.717, 1.165) is 98.3 Å². The van der Waals surface area contributed by atoms with Crippen molar-refractivity contribution in [2.24, 2.45) is 5.92 Å². The number of H-pyrrole nitrogens is 1. The van der Waals surface area contributed by atoms with Crippen molar-refractivity contribution >= 4 is 0 Å². The minimum atomic E-state index is -1.11. The van der Waals surface area contributed by atoms with Gasteiger partial charge < -0.3 is 34.9 Å². The molecule has 2 spiro atoms. The van der Waals surface area contributed by atoms with Crippen LogP contribution in [0.5, 0.6) is 23.0 Å². The van der Waals surface area contributed by atoms with Gasteiger partial charge in [0.25, 0.3) is 0 Å². The van der Waals surface area contributed by atoms with Crippen LogP contribution in [0.1, 0.15) is 102 Å². The number of phenolic OH excluding ortho intramolecular Hbond substituents is 2. The van der Waals surface area contributed by atoms with Gasteiger partial charge in [0.2, 0.25) is 0 Å². The number of ether oxygens (including phenoxy) is 2. The zero-order valence-electron chi connectivity index (χ0n) is 28.1. The number of aliphatic hydroxyl groups is 2. The molecule has 9 heteroatoms. The largest absolute Gasteiger partial charge is 0.504 e. The average molecular weight is 664 g/mol. The predicted octanol–water partition coefficient (Wildman–Crippen LogP) is 4.21. The lowest BCUT2D eigenvalue weighted by Crippen LogP contribution is -2.75. The molecule has 2 saturated heterocycles. The number of phenols is 2. The van der Waals surface area contributed by atoms with Crippen LogP contribution in [0.4, 0.5) is 0 Å². The van der Waals surface area contributed by atoms with Gasteiger partial charge in [0.15, 0.2) is 35.2 Å². The van der Waals surface area contributed by atoms with E-state index >= 15 is 0 Å². The molecule has 49 heavy (non-hydrogen) atoms. The Morgan fingerprint density at radius 2 is 1.31 bits per heavy atom. The van der Waals surface area contributed by atoms with Crippen LogP contribution in [0, 0.1) is 5.92 Å². The molecule has 12 rings (SSSR count). The summed E-state index contributed by atoms with van der Waals surface area (Å²) in [6.45, 7) is 5.96. The van der Waals surface area contributed by atoms with Crippen molar-refractivity contribution in [2.75, 3.05) is 26.2 Å². The third-order valence-electron chi connectivity index (χ3n) is 15.3. The second-order valence-corrected chi connectivity index (χ2v) is 17.2. The number of benzene rings is 2. The van der Waals surface area contributed by atoms with Gasteiger partial charge in [-0.2, -0.15) is 0 Å². The molecule has 0 radical (unpaired) electrons. The van der Waals surface area contributed by atoms with Gasteiger partial charge in [-0.3, -0.25) is 9.80 Å². The van der Waals surface area contributed by atoms with Crippen LogP contribution >= 0.6 is 0 Å². The van der Waals surface area contributed by atoms with E-state index in [-0.39, 0.29) is 23.6 Å². The summed E-state index contributed by atoms with van der Waals surface area (Å²) in [5, 5.41) is 49.4. The molecular formula is C40H45N3O6. The number of hydrogen-bond donors (Lipinski definition) is 5. The molecule has 5 N–H and O–H groups in total. The predicted molar refractivity (Wildman–Crippen MR) is 179 cm³/mol. The number of hydrogen-bond acceptors (Lipinski definition) is 8. The molecule has 9 aliphatic rings. The van der Waals surface area contributed by atoms with Gasteiger partial charge in [-0.25, -0.2) is 0 Å². The Hall–Kier alpha value is -3.24. The number of piperidine rings is 2. The molecular weight excluding hydrogens is 618 g/mol. The first kappa shape index (κ1) is 28.5. The number of aromatic nitrogens is 1. The number of unbranched alkanes of at least 4 members (excludes halogenated alkanes) is 1. The van der Waals surface area contributed by atoms with Crippen molar-refractivity contribution in [3.63, 3.8) is 0 Å². The highest BCUT2D eigenvalue weighted by molar-refractivity contribution is 5.68. The molecule has 9 nitrogen and oxygen atoms in total. The summed E-state index contributed by atoms with van der Waals surface area (Å²) < 4.78 is 13.8. The third-order valence-corrected chi connectivity index (χ3v) is 15.3. The fourth-order valence-electron chi connectivity index (χ4n) is 13.1. The normalized spacial score (nSPS) is 39.8. The molecule has 0 unspecified atom stereocenters. The molecule has 5 heterocycles. The quantitative estimate of drug-likeness (QED) is 0.276. The van der Waals surface area contributed by atoms with Gasteiger partial charge >= 0.3 is 0 Å². The summed E-state index contributed by atoms with van der Waals surface area (Å²) in [6.07, 6.45) is 7.63. The lowest BCUT2D eigenvalue weighted by Gasteiger charge is -2.63. The smallest absolute Gasteiger partial charge is 0.166 e. The third kappa shape index (κ3) is 2.98. The van der Waals surface area contributed by atoms with Gasteiger partial charge in [-0.15, -0.1) is 0 Å². The van der Waals surface area contributed by atoms with Crippen molar-refractivity contribution in [1.82, 2.24) is 14.8 Å². The van der Waals surface area contributed by atoms with Crippen LogP contribution in [0.2, 0.25) is 0 Å². The zero-order valence-corrected chi connectivity index (χ0v) is 28.1. The molecule has 4 aliphatic heterocycles. The van der Waals surface area contributed by atoms with E-state index in [1.54, 1.807) is 12.1 Å². The summed E-state index contributed by atoms with van der Waals surface area (Å²) in [6, 6.07) is 7.51. The zero-order chi connectivity index (χ0) is 32.8. The fourth-order valence-corrected chi connectivity index (χ4v) is 13.1. The van der Waals surface area contributed by atoms with Crippen LogP contribution in [0.15, 0.2) is 24.3 Å². The van der Waals surface area contributed by atoms with Crippen molar-refractivity contribution < 1.29 is 29.9 Å². The van der Waals surface area contributed by atoms with Crippen molar-refractivity contribution in [1.29, 1.82) is 0 Å². The average Bonchev–Trinajstić information content (AvgIpc) is 3.58. The van der Waals surface area contributed by atoms with Crippen molar-refractivity contribution in [3.8, 4) is 23.0 Å². The highest BCUT2D eigenvalue weighted by Gasteiger charge is 2.76. The Labute approximate surface area is 285 Å². The van der Waals surface area contributed by atoms with Gasteiger partial charge in [0.05, 0.1) is 33.4 Å². The van der Waals surface area contributed by atoms with E-state index in [1.165, 1.54) is 24.0 Å². The minimum absolute atomic E-state index is 0.0576. The van der Waals surface area contributed by atoms with Crippen LogP contribution in [0.25, 0.3) is 0 Å². The van der Waals surface area contributed by atoms with Gasteiger partial charge in [0, 0.05) is 42.6 Å². The summed E-state index contributed by atoms with van der Waals surface area (Å²) in [5.41, 5.74) is 4.83. The number of nitrogens with one attached hydrogen (secondary N) is 1. The number of aromatic hydroxyl groups is 2. The van der Waals surface area contributed by atoms with Crippen LogP contribution < -0.4 is 9.47 Å². The van der Waals surface area contributed by atoms with Gasteiger partial charge in [0.1, 0.15) is 0 Å². The molecule has 3 fully saturated rings. The SMILES string of the molecule is CCCCN1CC[C@]23c4c5ccc(O)c4O[C@H]2c2[nH]c4c(c2C[C@@]3(O)[C@H]1C5)C[C@@]1(O)[C@@H]2Cc3ccc(O)c5c3[C@@]1(CCN2CC1CC1)[C@H]4O5. The summed E-state index contributed by atoms with van der Waals surface area (Å²) in [7, 11) is 0. The topological polar surface area (TPSA) is 122 Å². The molecule has 1 aromatic heterocycles.